The molecule has 0 bridgehead atoms. The van der Waals surface area contributed by atoms with Crippen LogP contribution >= 0.6 is 0 Å². The molecule has 3 rings (SSSR count). The Morgan fingerprint density at radius 3 is 2.68 bits per heavy atom. The van der Waals surface area contributed by atoms with Crippen LogP contribution in [-0.4, -0.2) is 21.6 Å². The van der Waals surface area contributed by atoms with Crippen LogP contribution in [0.25, 0.3) is 0 Å². The molecule has 0 atom stereocenters. The van der Waals surface area contributed by atoms with Gasteiger partial charge in [0.15, 0.2) is 0 Å². The van der Waals surface area contributed by atoms with E-state index in [4.69, 9.17) is 10.5 Å². The highest BCUT2D eigenvalue weighted by atomic mass is 16.5. The predicted octanol–water partition coefficient (Wildman–Crippen LogP) is 2.65. The van der Waals surface area contributed by atoms with Crippen molar-refractivity contribution >= 4 is 0 Å². The van der Waals surface area contributed by atoms with Gasteiger partial charge in [0.1, 0.15) is 5.75 Å². The number of benzene rings is 1. The molecule has 5 nitrogen and oxygen atoms in total. The zero-order valence-corrected chi connectivity index (χ0v) is 13.2. The van der Waals surface area contributed by atoms with Gasteiger partial charge in [-0.2, -0.15) is 0 Å². The summed E-state index contributed by atoms with van der Waals surface area (Å²) >= 11 is 0. The van der Waals surface area contributed by atoms with E-state index in [1.54, 1.807) is 0 Å². The smallest absolute Gasteiger partial charge is 0.119 e. The van der Waals surface area contributed by atoms with Crippen LogP contribution in [0.15, 0.2) is 24.3 Å². The molecule has 2 N–H and O–H groups in total. The van der Waals surface area contributed by atoms with Crippen molar-refractivity contribution in [3.05, 3.63) is 41.2 Å². The lowest BCUT2D eigenvalue weighted by atomic mass is 10.2. The lowest BCUT2D eigenvalue weighted by Crippen LogP contribution is -2.10. The summed E-state index contributed by atoms with van der Waals surface area (Å²) in [5, 5.41) is 8.45. The van der Waals surface area contributed by atoms with Crippen LogP contribution in [0, 0.1) is 0 Å². The second-order valence-corrected chi connectivity index (χ2v) is 5.82. The van der Waals surface area contributed by atoms with E-state index in [0.29, 0.717) is 19.1 Å². The molecule has 1 aromatic heterocycles. The van der Waals surface area contributed by atoms with Crippen LogP contribution in [0.3, 0.4) is 0 Å². The number of rotatable bonds is 8. The van der Waals surface area contributed by atoms with Gasteiger partial charge in [0.25, 0.3) is 0 Å². The average Bonchev–Trinajstić information content (AvgIpc) is 3.32. The number of nitrogens with two attached hydrogens (primary N) is 1. The lowest BCUT2D eigenvalue weighted by Gasteiger charge is -2.09. The van der Waals surface area contributed by atoms with Gasteiger partial charge in [-0.15, -0.1) is 5.10 Å². The molecule has 5 heteroatoms. The van der Waals surface area contributed by atoms with Gasteiger partial charge in [-0.3, -0.25) is 0 Å². The van der Waals surface area contributed by atoms with Gasteiger partial charge >= 0.3 is 0 Å². The number of aromatic nitrogens is 3. The largest absolute Gasteiger partial charge is 0.494 e. The fourth-order valence-electron chi connectivity index (χ4n) is 2.70. The van der Waals surface area contributed by atoms with Crippen LogP contribution in [0.1, 0.15) is 49.1 Å². The van der Waals surface area contributed by atoms with E-state index in [-0.39, 0.29) is 0 Å². The van der Waals surface area contributed by atoms with Crippen molar-refractivity contribution in [3.63, 3.8) is 0 Å². The van der Waals surface area contributed by atoms with E-state index < -0.39 is 0 Å². The van der Waals surface area contributed by atoms with Crippen LogP contribution in [0.2, 0.25) is 0 Å². The summed E-state index contributed by atoms with van der Waals surface area (Å²) in [6, 6.07) is 8.31. The van der Waals surface area contributed by atoms with Gasteiger partial charge in [0, 0.05) is 25.4 Å². The summed E-state index contributed by atoms with van der Waals surface area (Å²) in [4.78, 5) is 0. The monoisotopic (exact) mass is 300 g/mol. The van der Waals surface area contributed by atoms with E-state index in [9.17, 15) is 0 Å². The number of nitrogens with zero attached hydrogens (tertiary/aromatic N) is 3. The summed E-state index contributed by atoms with van der Waals surface area (Å²) in [5.74, 6) is 1.55. The first-order chi connectivity index (χ1) is 10.8. The van der Waals surface area contributed by atoms with Crippen molar-refractivity contribution in [1.82, 2.24) is 15.0 Å². The molecule has 0 aliphatic heterocycles. The maximum absolute atomic E-state index is 5.79. The minimum Gasteiger partial charge on any atom is -0.494 e. The average molecular weight is 300 g/mol. The zero-order valence-electron chi connectivity index (χ0n) is 13.2. The molecular weight excluding hydrogens is 276 g/mol. The van der Waals surface area contributed by atoms with Gasteiger partial charge in [-0.1, -0.05) is 24.3 Å². The molecule has 1 fully saturated rings. The van der Waals surface area contributed by atoms with E-state index >= 15 is 0 Å². The Bertz CT molecular complexity index is 602. The molecule has 1 aliphatic rings. The minimum atomic E-state index is 0.478. The van der Waals surface area contributed by atoms with E-state index in [1.807, 2.05) is 16.8 Å². The van der Waals surface area contributed by atoms with Crippen molar-refractivity contribution in [2.45, 2.75) is 51.6 Å². The normalized spacial score (nSPS) is 14.3. The second-order valence-electron chi connectivity index (χ2n) is 5.82. The van der Waals surface area contributed by atoms with Gasteiger partial charge in [0.05, 0.1) is 18.0 Å². The molecule has 0 amide bonds. The van der Waals surface area contributed by atoms with E-state index in [2.05, 4.69) is 29.4 Å². The molecule has 0 radical (unpaired) electrons. The molecule has 1 saturated carbocycles. The Morgan fingerprint density at radius 2 is 2.05 bits per heavy atom. The highest BCUT2D eigenvalue weighted by molar-refractivity contribution is 5.27. The Kier molecular flexibility index (Phi) is 4.73. The number of aryl methyl sites for hydroxylation is 2. The summed E-state index contributed by atoms with van der Waals surface area (Å²) in [5.41, 5.74) is 9.28. The van der Waals surface area contributed by atoms with Crippen molar-refractivity contribution in [2.24, 2.45) is 5.73 Å². The van der Waals surface area contributed by atoms with Crippen molar-refractivity contribution < 1.29 is 4.74 Å². The summed E-state index contributed by atoms with van der Waals surface area (Å²) in [6.45, 7) is 4.16. The van der Waals surface area contributed by atoms with Crippen molar-refractivity contribution in [3.8, 4) is 5.75 Å². The Labute approximate surface area is 131 Å². The fraction of sp³-hybridized carbons (Fsp3) is 0.529. The Hall–Kier alpha value is -1.88. The molecule has 1 heterocycles. The molecule has 118 valence electrons. The van der Waals surface area contributed by atoms with E-state index in [0.717, 1.165) is 30.8 Å². The standard InChI is InChI=1S/C17H24N4O/c1-2-13-4-8-15(9-5-13)22-11-3-10-21-17(14-6-7-14)16(12-18)19-20-21/h4-5,8-9,14H,2-3,6-7,10-12,18H2,1H3. The second kappa shape index (κ2) is 6.92. The maximum atomic E-state index is 5.79. The topological polar surface area (TPSA) is 66.0 Å². The quantitative estimate of drug-likeness (QED) is 0.761. The molecule has 1 aliphatic carbocycles. The SMILES string of the molecule is CCc1ccc(OCCCn2nnc(CN)c2C2CC2)cc1. The minimum absolute atomic E-state index is 0.478. The number of hydrogen-bond acceptors (Lipinski definition) is 4. The molecule has 1 aromatic carbocycles. The third-order valence-corrected chi connectivity index (χ3v) is 4.12. The molecule has 0 saturated heterocycles. The maximum Gasteiger partial charge on any atom is 0.119 e. The zero-order chi connectivity index (χ0) is 15.4. The summed E-state index contributed by atoms with van der Waals surface area (Å²) < 4.78 is 7.81. The van der Waals surface area contributed by atoms with Gasteiger partial charge in [-0.25, -0.2) is 4.68 Å². The Balaban J connectivity index is 1.49. The van der Waals surface area contributed by atoms with Crippen LogP contribution in [0.5, 0.6) is 5.75 Å². The van der Waals surface area contributed by atoms with Gasteiger partial charge in [-0.05, 0) is 37.0 Å². The number of hydrogen-bond donors (Lipinski definition) is 1. The Morgan fingerprint density at radius 1 is 1.27 bits per heavy atom. The van der Waals surface area contributed by atoms with Crippen LogP contribution < -0.4 is 10.5 Å². The molecule has 0 spiro atoms. The van der Waals surface area contributed by atoms with Gasteiger partial charge < -0.3 is 10.5 Å². The van der Waals surface area contributed by atoms with Gasteiger partial charge in [0.2, 0.25) is 0 Å². The first-order valence-electron chi connectivity index (χ1n) is 8.16. The first-order valence-corrected chi connectivity index (χ1v) is 8.16. The third-order valence-electron chi connectivity index (χ3n) is 4.12. The highest BCUT2D eigenvalue weighted by Gasteiger charge is 2.30. The molecule has 0 unspecified atom stereocenters. The van der Waals surface area contributed by atoms with Crippen LogP contribution in [-0.2, 0) is 19.5 Å². The van der Waals surface area contributed by atoms with Crippen molar-refractivity contribution in [1.29, 1.82) is 0 Å². The van der Waals surface area contributed by atoms with Crippen LogP contribution in [0.4, 0.5) is 0 Å². The highest BCUT2D eigenvalue weighted by Crippen LogP contribution is 2.41. The number of ether oxygens (including phenoxy) is 1. The third kappa shape index (κ3) is 3.47. The molecular formula is C17H24N4O. The predicted molar refractivity (Wildman–Crippen MR) is 85.8 cm³/mol. The first kappa shape index (κ1) is 15.0. The summed E-state index contributed by atoms with van der Waals surface area (Å²) in [6.07, 6.45) is 4.45. The summed E-state index contributed by atoms with van der Waals surface area (Å²) in [7, 11) is 0. The lowest BCUT2D eigenvalue weighted by molar-refractivity contribution is 0.297. The fourth-order valence-corrected chi connectivity index (χ4v) is 2.70. The van der Waals surface area contributed by atoms with Crippen molar-refractivity contribution in [2.75, 3.05) is 6.61 Å². The molecule has 22 heavy (non-hydrogen) atoms. The molecule has 2 aromatic rings. The van der Waals surface area contributed by atoms with E-state index in [1.165, 1.54) is 24.1 Å².